The molecule has 0 atom stereocenters. The van der Waals surface area contributed by atoms with Crippen molar-refractivity contribution in [2.75, 3.05) is 20.6 Å². The maximum absolute atomic E-state index is 11.7. The van der Waals surface area contributed by atoms with Gasteiger partial charge in [-0.15, -0.1) is 0 Å². The Morgan fingerprint density at radius 2 is 1.89 bits per heavy atom. The van der Waals surface area contributed by atoms with Gasteiger partial charge in [0.25, 0.3) is 5.91 Å². The van der Waals surface area contributed by atoms with Gasteiger partial charge in [-0.3, -0.25) is 9.79 Å². The van der Waals surface area contributed by atoms with Crippen molar-refractivity contribution >= 4 is 11.9 Å². The lowest BCUT2D eigenvalue weighted by molar-refractivity contribution is 0.0963. The third-order valence-corrected chi connectivity index (χ3v) is 4.97. The summed E-state index contributed by atoms with van der Waals surface area (Å²) in [5, 5.41) is 9.37. The van der Waals surface area contributed by atoms with Crippen molar-refractivity contribution in [3.8, 4) is 0 Å². The van der Waals surface area contributed by atoms with Gasteiger partial charge in [-0.2, -0.15) is 0 Å². The number of hydrogen-bond acceptors (Lipinski definition) is 2. The normalized spacial score (nSPS) is 13.2. The zero-order chi connectivity index (χ0) is 19.1. The number of aliphatic imine (C=N–C) groups is 1. The molecule has 2 aromatic rings. The molecule has 0 bridgehead atoms. The SMILES string of the molecule is CN=C(NCCc1cccc(C(=O)NC)c1)NCc1ccc2c(c1)CCC2. The van der Waals surface area contributed by atoms with E-state index in [1.165, 1.54) is 36.0 Å². The minimum absolute atomic E-state index is 0.0587. The molecular formula is C22H28N4O. The Balaban J connectivity index is 1.47. The van der Waals surface area contributed by atoms with Crippen LogP contribution >= 0.6 is 0 Å². The summed E-state index contributed by atoms with van der Waals surface area (Å²) < 4.78 is 0. The number of hydrogen-bond donors (Lipinski definition) is 3. The zero-order valence-electron chi connectivity index (χ0n) is 16.1. The average Bonchev–Trinajstić information content (AvgIpc) is 3.18. The number of fused-ring (bicyclic) bond motifs is 1. The highest BCUT2D eigenvalue weighted by Gasteiger charge is 2.10. The number of nitrogens with one attached hydrogen (secondary N) is 3. The van der Waals surface area contributed by atoms with Crippen molar-refractivity contribution < 1.29 is 4.79 Å². The summed E-state index contributed by atoms with van der Waals surface area (Å²) in [4.78, 5) is 16.0. The molecule has 0 saturated heterocycles. The highest BCUT2D eigenvalue weighted by Crippen LogP contribution is 2.22. The van der Waals surface area contributed by atoms with Crippen molar-refractivity contribution in [2.24, 2.45) is 4.99 Å². The van der Waals surface area contributed by atoms with Gasteiger partial charge in [0.1, 0.15) is 0 Å². The summed E-state index contributed by atoms with van der Waals surface area (Å²) in [5.41, 5.74) is 6.09. The largest absolute Gasteiger partial charge is 0.356 e. The molecule has 0 unspecified atom stereocenters. The minimum Gasteiger partial charge on any atom is -0.356 e. The van der Waals surface area contributed by atoms with E-state index in [4.69, 9.17) is 0 Å². The monoisotopic (exact) mass is 364 g/mol. The van der Waals surface area contributed by atoms with Crippen LogP contribution in [0.4, 0.5) is 0 Å². The second-order valence-electron chi connectivity index (χ2n) is 6.84. The lowest BCUT2D eigenvalue weighted by atomic mass is 10.1. The first-order chi connectivity index (χ1) is 13.2. The molecule has 0 aromatic heterocycles. The molecule has 1 aliphatic rings. The summed E-state index contributed by atoms with van der Waals surface area (Å²) in [7, 11) is 3.43. The second kappa shape index (κ2) is 9.21. The Morgan fingerprint density at radius 3 is 2.70 bits per heavy atom. The first-order valence-corrected chi connectivity index (χ1v) is 9.56. The maximum atomic E-state index is 11.7. The molecule has 0 heterocycles. The molecule has 3 rings (SSSR count). The van der Waals surface area contributed by atoms with Crippen LogP contribution in [-0.2, 0) is 25.8 Å². The molecule has 5 heteroatoms. The topological polar surface area (TPSA) is 65.5 Å². The van der Waals surface area contributed by atoms with Gasteiger partial charge in [0.05, 0.1) is 0 Å². The molecule has 2 aromatic carbocycles. The molecule has 0 fully saturated rings. The smallest absolute Gasteiger partial charge is 0.251 e. The fourth-order valence-electron chi connectivity index (χ4n) is 3.48. The molecule has 5 nitrogen and oxygen atoms in total. The van der Waals surface area contributed by atoms with Crippen LogP contribution in [0.15, 0.2) is 47.5 Å². The van der Waals surface area contributed by atoms with Crippen LogP contribution in [0.1, 0.15) is 39.0 Å². The third kappa shape index (κ3) is 5.09. The lowest BCUT2D eigenvalue weighted by Gasteiger charge is -2.13. The fraction of sp³-hybridized carbons (Fsp3) is 0.364. The first-order valence-electron chi connectivity index (χ1n) is 9.56. The lowest BCUT2D eigenvalue weighted by Crippen LogP contribution is -2.37. The zero-order valence-corrected chi connectivity index (χ0v) is 16.1. The molecule has 3 N–H and O–H groups in total. The number of carbonyl (C=O) groups excluding carboxylic acids is 1. The Bertz CT molecular complexity index is 829. The predicted molar refractivity (Wildman–Crippen MR) is 110 cm³/mol. The number of rotatable bonds is 6. The Labute approximate surface area is 161 Å². The van der Waals surface area contributed by atoms with Crippen molar-refractivity contribution in [3.05, 3.63) is 70.3 Å². The van der Waals surface area contributed by atoms with E-state index >= 15 is 0 Å². The van der Waals surface area contributed by atoms with E-state index in [9.17, 15) is 4.79 Å². The Morgan fingerprint density at radius 1 is 1.04 bits per heavy atom. The van der Waals surface area contributed by atoms with Gasteiger partial charge in [-0.25, -0.2) is 0 Å². The summed E-state index contributed by atoms with van der Waals surface area (Å²) >= 11 is 0. The number of guanidine groups is 1. The van der Waals surface area contributed by atoms with E-state index in [1.807, 2.05) is 24.3 Å². The molecule has 0 spiro atoms. The van der Waals surface area contributed by atoms with Crippen LogP contribution < -0.4 is 16.0 Å². The summed E-state index contributed by atoms with van der Waals surface area (Å²) in [6, 6.07) is 14.5. The van der Waals surface area contributed by atoms with E-state index in [-0.39, 0.29) is 5.91 Å². The first kappa shape index (κ1) is 19.0. The Hall–Kier alpha value is -2.82. The number of carbonyl (C=O) groups is 1. The maximum Gasteiger partial charge on any atom is 0.251 e. The van der Waals surface area contributed by atoms with Gasteiger partial charge < -0.3 is 16.0 Å². The quantitative estimate of drug-likeness (QED) is 0.545. The van der Waals surface area contributed by atoms with Gasteiger partial charge >= 0.3 is 0 Å². The van der Waals surface area contributed by atoms with Crippen molar-refractivity contribution in [2.45, 2.75) is 32.2 Å². The second-order valence-corrected chi connectivity index (χ2v) is 6.84. The van der Waals surface area contributed by atoms with E-state index in [1.54, 1.807) is 14.1 Å². The van der Waals surface area contributed by atoms with Crippen molar-refractivity contribution in [1.82, 2.24) is 16.0 Å². The van der Waals surface area contributed by atoms with Gasteiger partial charge in [-0.05, 0) is 60.1 Å². The van der Waals surface area contributed by atoms with Crippen LogP contribution in [0.25, 0.3) is 0 Å². The summed E-state index contributed by atoms with van der Waals surface area (Å²) in [6.45, 7) is 1.51. The molecule has 1 aliphatic carbocycles. The molecular weight excluding hydrogens is 336 g/mol. The van der Waals surface area contributed by atoms with Crippen molar-refractivity contribution in [1.29, 1.82) is 0 Å². The Kier molecular flexibility index (Phi) is 6.47. The van der Waals surface area contributed by atoms with Gasteiger partial charge in [0, 0.05) is 32.7 Å². The van der Waals surface area contributed by atoms with Crippen LogP contribution in [0.2, 0.25) is 0 Å². The molecule has 1 amide bonds. The fourth-order valence-corrected chi connectivity index (χ4v) is 3.48. The van der Waals surface area contributed by atoms with Crippen LogP contribution in [0, 0.1) is 0 Å². The number of benzene rings is 2. The molecule has 0 aliphatic heterocycles. The standard InChI is InChI=1S/C22H28N4O/c1-23-21(27)20-8-3-5-16(13-20)11-12-25-22(24-2)26-15-17-9-10-18-6-4-7-19(18)14-17/h3,5,8-10,13-14H,4,6-7,11-12,15H2,1-2H3,(H,23,27)(H2,24,25,26). The number of nitrogens with zero attached hydrogens (tertiary/aromatic N) is 1. The number of amides is 1. The highest BCUT2D eigenvalue weighted by atomic mass is 16.1. The highest BCUT2D eigenvalue weighted by molar-refractivity contribution is 5.94. The van der Waals surface area contributed by atoms with Gasteiger partial charge in [-0.1, -0.05) is 30.3 Å². The van der Waals surface area contributed by atoms with Crippen molar-refractivity contribution in [3.63, 3.8) is 0 Å². The van der Waals surface area contributed by atoms with Gasteiger partial charge in [0.15, 0.2) is 5.96 Å². The van der Waals surface area contributed by atoms with E-state index in [0.29, 0.717) is 5.56 Å². The van der Waals surface area contributed by atoms with Gasteiger partial charge in [0.2, 0.25) is 0 Å². The predicted octanol–water partition coefficient (Wildman–Crippen LogP) is 2.44. The van der Waals surface area contributed by atoms with E-state index < -0.39 is 0 Å². The molecule has 142 valence electrons. The summed E-state index contributed by atoms with van der Waals surface area (Å²) in [6.07, 6.45) is 4.51. The van der Waals surface area contributed by atoms with E-state index in [0.717, 1.165) is 31.0 Å². The van der Waals surface area contributed by atoms with Crippen LogP contribution in [0.5, 0.6) is 0 Å². The minimum atomic E-state index is -0.0587. The van der Waals surface area contributed by atoms with E-state index in [2.05, 4.69) is 39.1 Å². The number of aryl methyl sites for hydroxylation is 2. The third-order valence-electron chi connectivity index (χ3n) is 4.97. The average molecular weight is 364 g/mol. The molecule has 0 saturated carbocycles. The molecule has 0 radical (unpaired) electrons. The summed E-state index contributed by atoms with van der Waals surface area (Å²) in [5.74, 6) is 0.731. The van der Waals surface area contributed by atoms with Crippen LogP contribution in [-0.4, -0.2) is 32.5 Å². The van der Waals surface area contributed by atoms with Crippen LogP contribution in [0.3, 0.4) is 0 Å². The molecule has 27 heavy (non-hydrogen) atoms.